The topological polar surface area (TPSA) is 81.4 Å². The van der Waals surface area contributed by atoms with Gasteiger partial charge in [-0.05, 0) is 51.7 Å². The van der Waals surface area contributed by atoms with Crippen molar-refractivity contribution in [2.24, 2.45) is 5.92 Å². The zero-order valence-corrected chi connectivity index (χ0v) is 13.8. The molecular formula is C17H19FN2O4. The Morgan fingerprint density at radius 3 is 2.75 bits per heavy atom. The Bertz CT molecular complexity index is 837. The number of carbonyl (C=O) groups is 1. The summed E-state index contributed by atoms with van der Waals surface area (Å²) in [5.41, 5.74) is -1.23. The van der Waals surface area contributed by atoms with Crippen LogP contribution >= 0.6 is 0 Å². The fourth-order valence-corrected chi connectivity index (χ4v) is 2.47. The Hall–Kier alpha value is -2.44. The van der Waals surface area contributed by atoms with Crippen LogP contribution < -0.4 is 10.9 Å². The monoisotopic (exact) mass is 334 g/mol. The van der Waals surface area contributed by atoms with Crippen molar-refractivity contribution in [3.8, 4) is 0 Å². The molecule has 0 saturated heterocycles. The average Bonchev–Trinajstić information content (AvgIpc) is 3.27. The van der Waals surface area contributed by atoms with Crippen LogP contribution in [-0.4, -0.2) is 16.7 Å². The number of hydrogen-bond donors (Lipinski definition) is 1. The molecule has 0 radical (unpaired) electrons. The summed E-state index contributed by atoms with van der Waals surface area (Å²) >= 11 is 0. The van der Waals surface area contributed by atoms with E-state index < -0.39 is 29.2 Å². The molecule has 1 aromatic carbocycles. The highest BCUT2D eigenvalue weighted by molar-refractivity contribution is 5.77. The van der Waals surface area contributed by atoms with E-state index in [2.05, 4.69) is 10.3 Å². The van der Waals surface area contributed by atoms with Crippen molar-refractivity contribution in [3.05, 3.63) is 40.3 Å². The molecule has 24 heavy (non-hydrogen) atoms. The van der Waals surface area contributed by atoms with Crippen LogP contribution in [0.5, 0.6) is 0 Å². The molecule has 128 valence electrons. The van der Waals surface area contributed by atoms with Gasteiger partial charge in [-0.2, -0.15) is 0 Å². The van der Waals surface area contributed by atoms with E-state index in [1.54, 1.807) is 20.8 Å². The minimum Gasteiger partial charge on any atom is -0.444 e. The molecule has 1 aliphatic rings. The molecule has 6 nitrogen and oxygen atoms in total. The lowest BCUT2D eigenvalue weighted by molar-refractivity contribution is 0.0486. The van der Waals surface area contributed by atoms with Crippen molar-refractivity contribution < 1.29 is 18.3 Å². The van der Waals surface area contributed by atoms with Gasteiger partial charge in [0.25, 0.3) is 0 Å². The number of rotatable bonds is 3. The van der Waals surface area contributed by atoms with E-state index in [-0.39, 0.29) is 22.7 Å². The van der Waals surface area contributed by atoms with Crippen molar-refractivity contribution in [2.45, 2.75) is 45.3 Å². The molecule has 1 heterocycles. The Kier molecular flexibility index (Phi) is 4.03. The first-order valence-electron chi connectivity index (χ1n) is 7.83. The minimum absolute atomic E-state index is 0.0754. The maximum atomic E-state index is 13.8. The molecule has 2 aromatic rings. The first-order valence-corrected chi connectivity index (χ1v) is 7.83. The molecule has 0 aliphatic heterocycles. The van der Waals surface area contributed by atoms with Gasteiger partial charge in [0.05, 0.1) is 5.52 Å². The number of hydrogen-bond acceptors (Lipinski definition) is 5. The smallest absolute Gasteiger partial charge is 0.408 e. The largest absolute Gasteiger partial charge is 0.444 e. The third kappa shape index (κ3) is 3.55. The first-order chi connectivity index (χ1) is 11.2. The van der Waals surface area contributed by atoms with Gasteiger partial charge >= 0.3 is 11.7 Å². The van der Waals surface area contributed by atoms with Gasteiger partial charge in [-0.3, -0.25) is 0 Å². The second-order valence-corrected chi connectivity index (χ2v) is 6.93. The molecule has 0 spiro atoms. The maximum absolute atomic E-state index is 13.8. The number of ether oxygens (including phenoxy) is 1. The van der Waals surface area contributed by atoms with E-state index in [0.29, 0.717) is 0 Å². The van der Waals surface area contributed by atoms with Gasteiger partial charge in [0.1, 0.15) is 22.8 Å². The van der Waals surface area contributed by atoms with Crippen molar-refractivity contribution in [2.75, 3.05) is 0 Å². The van der Waals surface area contributed by atoms with Crippen LogP contribution in [0.1, 0.15) is 45.5 Å². The number of halogens is 1. The van der Waals surface area contributed by atoms with Gasteiger partial charge in [0.2, 0.25) is 5.89 Å². The summed E-state index contributed by atoms with van der Waals surface area (Å²) in [4.78, 5) is 28.4. The van der Waals surface area contributed by atoms with Crippen molar-refractivity contribution in [1.29, 1.82) is 0 Å². The van der Waals surface area contributed by atoms with Crippen LogP contribution in [0, 0.1) is 11.7 Å². The summed E-state index contributed by atoms with van der Waals surface area (Å²) < 4.78 is 24.2. The standard InChI is InChI=1S/C17H19FN2O4/c1-17(2,3)24-16(22)20-13(9-7-8-9)14-19-11-6-4-5-10(18)12(11)15(21)23-14/h4-6,9,13H,7-8H2,1-3H3,(H,20,22)/t13-/m0/s1. The predicted octanol–water partition coefficient (Wildman–Crippen LogP) is 3.30. The number of carbonyl (C=O) groups excluding carboxylic acids is 1. The fourth-order valence-electron chi connectivity index (χ4n) is 2.47. The Morgan fingerprint density at radius 1 is 1.42 bits per heavy atom. The van der Waals surface area contributed by atoms with Gasteiger partial charge in [-0.15, -0.1) is 0 Å². The minimum atomic E-state index is -0.801. The van der Waals surface area contributed by atoms with Gasteiger partial charge in [-0.25, -0.2) is 19.0 Å². The average molecular weight is 334 g/mol. The summed E-state index contributed by atoms with van der Waals surface area (Å²) in [6, 6.07) is 3.62. The fraction of sp³-hybridized carbons (Fsp3) is 0.471. The van der Waals surface area contributed by atoms with Crippen LogP contribution in [0.25, 0.3) is 10.9 Å². The molecule has 3 rings (SSSR count). The summed E-state index contributed by atoms with van der Waals surface area (Å²) in [7, 11) is 0. The molecular weight excluding hydrogens is 315 g/mol. The number of amides is 1. The molecule has 1 atom stereocenters. The van der Waals surface area contributed by atoms with Crippen molar-refractivity contribution in [1.82, 2.24) is 10.3 Å². The van der Waals surface area contributed by atoms with Crippen molar-refractivity contribution >= 4 is 17.0 Å². The molecule has 7 heteroatoms. The Morgan fingerprint density at radius 2 is 2.12 bits per heavy atom. The summed E-state index contributed by atoms with van der Waals surface area (Å²) in [6.45, 7) is 5.28. The number of benzene rings is 1. The lowest BCUT2D eigenvalue weighted by atomic mass is 10.1. The lowest BCUT2D eigenvalue weighted by Gasteiger charge is -2.22. The number of nitrogens with one attached hydrogen (secondary N) is 1. The second kappa shape index (κ2) is 5.89. The molecule has 1 aliphatic carbocycles. The quantitative estimate of drug-likeness (QED) is 0.931. The van der Waals surface area contributed by atoms with Crippen LogP contribution in [0.15, 0.2) is 27.4 Å². The van der Waals surface area contributed by atoms with E-state index in [9.17, 15) is 14.0 Å². The van der Waals surface area contributed by atoms with Crippen LogP contribution in [0.3, 0.4) is 0 Å². The third-order valence-corrected chi connectivity index (χ3v) is 3.66. The first kappa shape index (κ1) is 16.4. The van der Waals surface area contributed by atoms with Crippen molar-refractivity contribution in [3.63, 3.8) is 0 Å². The van der Waals surface area contributed by atoms with Gasteiger partial charge < -0.3 is 14.5 Å². The van der Waals surface area contributed by atoms with E-state index >= 15 is 0 Å². The SMILES string of the molecule is CC(C)(C)OC(=O)N[C@H](c1nc2cccc(F)c2c(=O)o1)C1CC1. The molecule has 1 aromatic heterocycles. The molecule has 1 amide bonds. The maximum Gasteiger partial charge on any atom is 0.408 e. The highest BCUT2D eigenvalue weighted by atomic mass is 19.1. The Labute approximate surface area is 138 Å². The highest BCUT2D eigenvalue weighted by Gasteiger charge is 2.37. The molecule has 1 fully saturated rings. The zero-order valence-electron chi connectivity index (χ0n) is 13.8. The Balaban J connectivity index is 1.94. The molecule has 0 unspecified atom stereocenters. The summed E-state index contributed by atoms with van der Waals surface area (Å²) in [5, 5.41) is 2.52. The van der Waals surface area contributed by atoms with Gasteiger partial charge in [0, 0.05) is 0 Å². The van der Waals surface area contributed by atoms with E-state index in [1.807, 2.05) is 0 Å². The number of fused-ring (bicyclic) bond motifs is 1. The van der Waals surface area contributed by atoms with E-state index in [4.69, 9.17) is 9.15 Å². The van der Waals surface area contributed by atoms with E-state index in [0.717, 1.165) is 12.8 Å². The third-order valence-electron chi connectivity index (χ3n) is 3.66. The van der Waals surface area contributed by atoms with E-state index in [1.165, 1.54) is 18.2 Å². The lowest BCUT2D eigenvalue weighted by Crippen LogP contribution is -2.36. The zero-order chi connectivity index (χ0) is 17.5. The highest BCUT2D eigenvalue weighted by Crippen LogP contribution is 2.40. The molecule has 0 bridgehead atoms. The summed E-state index contributed by atoms with van der Waals surface area (Å²) in [5.74, 6) is -0.478. The summed E-state index contributed by atoms with van der Waals surface area (Å²) in [6.07, 6.45) is 1.16. The number of nitrogens with zero attached hydrogens (tertiary/aromatic N) is 1. The normalized spacial score (nSPS) is 16.0. The second-order valence-electron chi connectivity index (χ2n) is 6.93. The van der Waals surface area contributed by atoms with Crippen LogP contribution in [0.2, 0.25) is 0 Å². The van der Waals surface area contributed by atoms with Gasteiger partial charge in [-0.1, -0.05) is 6.07 Å². The van der Waals surface area contributed by atoms with Crippen LogP contribution in [0.4, 0.5) is 9.18 Å². The number of alkyl carbamates (subject to hydrolysis) is 1. The number of aromatic nitrogens is 1. The van der Waals surface area contributed by atoms with Gasteiger partial charge in [0.15, 0.2) is 0 Å². The molecule has 1 N–H and O–H groups in total. The molecule has 1 saturated carbocycles. The predicted molar refractivity (Wildman–Crippen MR) is 85.1 cm³/mol. The van der Waals surface area contributed by atoms with Crippen LogP contribution in [-0.2, 0) is 4.74 Å².